The van der Waals surface area contributed by atoms with Gasteiger partial charge in [0, 0.05) is 189 Å². The number of nitrogens with one attached hydrogen (secondary N) is 5. The second-order valence-corrected chi connectivity index (χ2v) is 38.1. The van der Waals surface area contributed by atoms with Gasteiger partial charge in [-0.2, -0.15) is 5.06 Å². The first-order valence-corrected chi connectivity index (χ1v) is 44.7. The molecule has 8 amide bonds. The van der Waals surface area contributed by atoms with Gasteiger partial charge < -0.3 is 106 Å². The maximum atomic E-state index is 14.6. The van der Waals surface area contributed by atoms with E-state index in [1.165, 1.54) is 16.9 Å². The SMILES string of the molecule is C/C1=C2N=C(/C=C3\N/C(=C(/C)C4=N[C@@](C)([C@@H]5N=C1[C@](C)(CCC(=O)NC[C@@H](C)OP(=O)(O)O[C@H]1[C@@H](O)[C@@H](N6CN(OC(=O)NCCNC(=S)Nc7ccc(CC8CN(CC(=O)O)CCN(CC(=O)O)CCN8CC(=O)O)cc7)c7cc(C)c(C)cc76)O[C@@H]1CO)[C@H]5CC(N)=O)[C@@](C)(CC(N)=O)[C@@H]4CCC(N)=O)[C@@](C)(CC(N)=O)[C@@H]3CCC(N)=O)C(C)(C)[C@@H]/2CCC(N)=O. The summed E-state index contributed by atoms with van der Waals surface area (Å²) in [5, 5.41) is 68.5. The number of carbonyl (C=O) groups is 11. The van der Waals surface area contributed by atoms with Crippen LogP contribution in [0.2, 0.25) is 0 Å². The van der Waals surface area contributed by atoms with E-state index in [9.17, 15) is 87.7 Å². The number of hydrogen-bond donors (Lipinski definition) is 17. The van der Waals surface area contributed by atoms with Crippen molar-refractivity contribution in [2.75, 3.05) is 101 Å². The molecule has 23 N–H and O–H groups in total. The lowest BCUT2D eigenvalue weighted by atomic mass is 9.55. The number of aliphatic carboxylic acids is 3. The number of carboxylic acids is 3. The minimum absolute atomic E-state index is 0.0000133. The van der Waals surface area contributed by atoms with E-state index < -0.39 is 180 Å². The molecule has 0 spiro atoms. The summed E-state index contributed by atoms with van der Waals surface area (Å²) in [7, 11) is -5.27. The fourth-order valence-electron chi connectivity index (χ4n) is 20.0. The van der Waals surface area contributed by atoms with E-state index in [4.69, 9.17) is 80.2 Å². The average molecular weight is 1830 g/mol. The highest BCUT2D eigenvalue weighted by molar-refractivity contribution is 7.80. The van der Waals surface area contributed by atoms with Gasteiger partial charge in [0.25, 0.3) is 0 Å². The third-order valence-electron chi connectivity index (χ3n) is 26.9. The second kappa shape index (κ2) is 40.7. The number of amides is 8. The molecular weight excluding hydrogens is 1700 g/mol. The number of aliphatic hydroxyl groups is 2. The monoisotopic (exact) mass is 1830 g/mol. The molecule has 43 heteroatoms. The Morgan fingerprint density at radius 2 is 1.30 bits per heavy atom. The second-order valence-electron chi connectivity index (χ2n) is 36.3. The number of benzene rings is 2. The maximum absolute atomic E-state index is 14.6. The number of thiocarbonyl (C=S) groups is 1. The Morgan fingerprint density at radius 1 is 0.711 bits per heavy atom. The fraction of sp³-hybridized carbons (Fsp3) is 0.612. The van der Waals surface area contributed by atoms with Crippen LogP contribution in [0.25, 0.3) is 0 Å². The van der Waals surface area contributed by atoms with Crippen molar-refractivity contribution in [3.05, 3.63) is 87.4 Å². The number of ether oxygens (including phenoxy) is 1. The van der Waals surface area contributed by atoms with Crippen LogP contribution in [0.4, 0.5) is 21.9 Å². The third kappa shape index (κ3) is 22.7. The number of phosphoric acid groups is 1. The Balaban J connectivity index is 0.817. The molecule has 0 radical (unpaired) electrons. The van der Waals surface area contributed by atoms with Crippen LogP contribution in [0.3, 0.4) is 0 Å². The topological polar surface area (TPSA) is 633 Å². The van der Waals surface area contributed by atoms with Crippen molar-refractivity contribution in [3.63, 3.8) is 0 Å². The first-order valence-electron chi connectivity index (χ1n) is 42.8. The maximum Gasteiger partial charge on any atom is 0.472 e. The molecule has 8 bridgehead atoms. The molecule has 16 atom stereocenters. The summed E-state index contributed by atoms with van der Waals surface area (Å²) >= 11 is 5.55. The van der Waals surface area contributed by atoms with Crippen LogP contribution in [-0.2, 0) is 77.6 Å². The largest absolute Gasteiger partial charge is 0.480 e. The number of allylic oxidation sites excluding steroid dienone is 6. The molecule has 8 aliphatic heterocycles. The van der Waals surface area contributed by atoms with E-state index in [2.05, 4.69) is 26.6 Å². The Hall–Kier alpha value is -10.4. The van der Waals surface area contributed by atoms with Crippen LogP contribution in [0.1, 0.15) is 150 Å². The molecule has 2 aromatic rings. The van der Waals surface area contributed by atoms with Crippen molar-refractivity contribution < 1.29 is 106 Å². The van der Waals surface area contributed by atoms with Crippen LogP contribution >= 0.6 is 20.0 Å². The van der Waals surface area contributed by atoms with E-state index in [1.54, 1.807) is 59.7 Å². The average Bonchev–Trinajstić information content (AvgIpc) is 1.52. The van der Waals surface area contributed by atoms with E-state index in [1.807, 2.05) is 66.7 Å². The minimum Gasteiger partial charge on any atom is -0.480 e. The van der Waals surface area contributed by atoms with Crippen LogP contribution in [-0.4, -0.2) is 266 Å². The molecule has 0 aliphatic carbocycles. The zero-order valence-corrected chi connectivity index (χ0v) is 75.9. The van der Waals surface area contributed by atoms with Gasteiger partial charge in [-0.15, -0.1) is 0 Å². The number of carboxylic acid groups (broad SMARTS) is 3. The highest BCUT2D eigenvalue weighted by Crippen LogP contribution is 2.63. The van der Waals surface area contributed by atoms with Gasteiger partial charge in [0.05, 0.1) is 49.6 Å². The third-order valence-corrected chi connectivity index (χ3v) is 28.3. The molecule has 0 saturated carbocycles. The number of nitrogens with two attached hydrogens (primary N) is 6. The summed E-state index contributed by atoms with van der Waals surface area (Å²) in [6.45, 7) is 18.8. The Labute approximate surface area is 747 Å². The van der Waals surface area contributed by atoms with Gasteiger partial charge in [-0.3, -0.25) is 86.7 Å². The standard InChI is InChI=1S/C85H124N19O22PS/c1-44-30-57-58(31-45(44)2)104(124-80(120)93-25-24-92-79(128)95-50-14-12-49(13-15-50)32-51-38-101(40-69(115)116)27-26-100(39-68(113)114)28-29-102(51)41-70(117)118)43-103(57)78-73(119)74(59(42-105)123-78)126-127(121,122)125-46(3)37-94-67(112)22-23-82(8)55(33-64(89)109)77-85(11)84(10,36-66(91)111)54(18-21-63(88)108)72(99-85)48(5)76-83(9,35-65(90)110)52(16-19-61(86)106)56(96-76)34-60-81(6,7)53(17-20-62(87)107)71(97-60)47(4)75(82)98-77/h12-15,30-31,34,46,51-55,59,73-74,77-78,96,105,119H,16-29,32-33,35-43H2,1-11H3,(H2,86,106)(H2,87,107)(H2,88,108)(H2,89,109)(H2,90,110)(H2,91,111)(H,93,120)(H,94,112)(H,113,114)(H,115,116)(H,117,118)(H,121,122)(H2,92,95,128)/b56-34-,71-47-,76-48-/t46-,51?,52-,53-,54-,55+,59-,73-,74-,77-,78+,82-,83+,84+,85+/m1/s1. The number of aryl methyl sites for hydroxylation is 2. The zero-order chi connectivity index (χ0) is 94.4. The number of hydrogen-bond acceptors (Lipinski definition) is 28. The number of rotatable bonds is 39. The van der Waals surface area contributed by atoms with E-state index in [0.717, 1.165) is 16.7 Å². The molecule has 702 valence electrons. The Morgan fingerprint density at radius 3 is 1.90 bits per heavy atom. The van der Waals surface area contributed by atoms with Gasteiger partial charge in [0.2, 0.25) is 41.4 Å². The van der Waals surface area contributed by atoms with Crippen LogP contribution in [0.5, 0.6) is 0 Å². The molecule has 3 saturated heterocycles. The van der Waals surface area contributed by atoms with Gasteiger partial charge in [-0.25, -0.2) is 9.36 Å². The summed E-state index contributed by atoms with van der Waals surface area (Å²) in [6.07, 6.45) is -7.69. The fourth-order valence-corrected chi connectivity index (χ4v) is 21.4. The van der Waals surface area contributed by atoms with Crippen LogP contribution < -0.4 is 70.9 Å². The molecule has 2 unspecified atom stereocenters. The van der Waals surface area contributed by atoms with Crippen molar-refractivity contribution in [2.24, 2.45) is 94.7 Å². The van der Waals surface area contributed by atoms with Crippen molar-refractivity contribution in [3.8, 4) is 0 Å². The van der Waals surface area contributed by atoms with Crippen molar-refractivity contribution in [2.45, 2.75) is 201 Å². The molecule has 3 fully saturated rings. The number of nitrogens with zero attached hydrogens (tertiary/aromatic N) is 8. The number of carbonyl (C=O) groups excluding carboxylic acids is 8. The zero-order valence-electron chi connectivity index (χ0n) is 74.2. The first kappa shape index (κ1) is 99.8. The number of aliphatic hydroxyl groups excluding tert-OH is 2. The van der Waals surface area contributed by atoms with E-state index in [0.29, 0.717) is 68.9 Å². The summed E-state index contributed by atoms with van der Waals surface area (Å²) in [6, 6.07) is 9.13. The molecular formula is C85H124N19O22PS. The molecule has 128 heavy (non-hydrogen) atoms. The van der Waals surface area contributed by atoms with E-state index in [-0.39, 0.29) is 148 Å². The highest BCUT2D eigenvalue weighted by atomic mass is 32.1. The molecule has 8 heterocycles. The van der Waals surface area contributed by atoms with Crippen LogP contribution in [0.15, 0.2) is 85.7 Å². The highest BCUT2D eigenvalue weighted by Gasteiger charge is 2.67. The number of primary amides is 6. The Bertz CT molecular complexity index is 4910. The van der Waals surface area contributed by atoms with E-state index >= 15 is 0 Å². The number of aliphatic imine (C=N–C) groups is 3. The van der Waals surface area contributed by atoms with Crippen molar-refractivity contribution in [1.29, 1.82) is 0 Å². The molecule has 2 aromatic carbocycles. The lowest BCUT2D eigenvalue weighted by Crippen LogP contribution is -2.56. The molecule has 8 aliphatic rings. The van der Waals surface area contributed by atoms with Gasteiger partial charge in [0.1, 0.15) is 30.7 Å². The van der Waals surface area contributed by atoms with Gasteiger partial charge in [-0.05, 0) is 144 Å². The smallest absolute Gasteiger partial charge is 0.472 e. The number of fused-ring (bicyclic) bond motifs is 7. The minimum atomic E-state index is -5.27. The summed E-state index contributed by atoms with van der Waals surface area (Å²) in [5.41, 5.74) is 37.6. The summed E-state index contributed by atoms with van der Waals surface area (Å²) in [4.78, 5) is 184. The molecule has 0 aromatic heterocycles. The lowest BCUT2D eigenvalue weighted by Gasteiger charge is -2.48. The predicted octanol–water partition coefficient (Wildman–Crippen LogP) is 1.94. The normalized spacial score (nSPS) is 29.8. The lowest BCUT2D eigenvalue weighted by molar-refractivity contribution is -0.140. The summed E-state index contributed by atoms with van der Waals surface area (Å²) in [5.74, 6) is -10.8. The first-order chi connectivity index (χ1) is 59.9. The number of anilines is 3. The van der Waals surface area contributed by atoms with Gasteiger partial charge >= 0.3 is 31.8 Å². The van der Waals surface area contributed by atoms with Crippen molar-refractivity contribution >= 4 is 125 Å². The van der Waals surface area contributed by atoms with Gasteiger partial charge in [0.15, 0.2) is 11.3 Å². The van der Waals surface area contributed by atoms with Crippen LogP contribution in [0, 0.1) is 59.2 Å². The molecule has 10 rings (SSSR count). The predicted molar refractivity (Wildman–Crippen MR) is 475 cm³/mol. The quantitative estimate of drug-likeness (QED) is 0.0258. The van der Waals surface area contributed by atoms with Crippen molar-refractivity contribution in [1.82, 2.24) is 36.0 Å². The number of phosphoric ester groups is 1. The number of hydroxylamine groups is 1. The Kier molecular flexibility index (Phi) is 31.7. The summed E-state index contributed by atoms with van der Waals surface area (Å²) < 4.78 is 31.7. The van der Waals surface area contributed by atoms with Gasteiger partial charge in [-0.1, -0.05) is 46.8 Å². The molecule has 41 nitrogen and oxygen atoms in total.